The van der Waals surface area contributed by atoms with Crippen LogP contribution in [0.15, 0.2) is 24.3 Å². The molecule has 0 heterocycles. The number of rotatable bonds is 5. The number of benzene rings is 1. The highest BCUT2D eigenvalue weighted by atomic mass is 16.5. The van der Waals surface area contributed by atoms with E-state index in [2.05, 4.69) is 11.4 Å². The zero-order valence-electron chi connectivity index (χ0n) is 9.19. The monoisotopic (exact) mass is 218 g/mol. The standard InChI is InChI=1S/C12H14N2O2/c1-16-8-7-14-12(15)11-4-2-3-10(9-11)5-6-13/h2-4,9H,5,7-8H2,1H3,(H,14,15). The molecule has 0 aliphatic carbocycles. The molecule has 16 heavy (non-hydrogen) atoms. The summed E-state index contributed by atoms with van der Waals surface area (Å²) in [6.07, 6.45) is 0.319. The number of nitriles is 1. The Labute approximate surface area is 94.8 Å². The van der Waals surface area contributed by atoms with E-state index in [1.165, 1.54) is 0 Å². The van der Waals surface area contributed by atoms with Gasteiger partial charge >= 0.3 is 0 Å². The van der Waals surface area contributed by atoms with Crippen LogP contribution in [0.1, 0.15) is 15.9 Å². The Morgan fingerprint density at radius 2 is 2.38 bits per heavy atom. The van der Waals surface area contributed by atoms with Crippen molar-refractivity contribution in [3.8, 4) is 6.07 Å². The number of ether oxygens (including phenoxy) is 1. The molecule has 0 aromatic heterocycles. The molecule has 0 aliphatic heterocycles. The third-order valence-corrected chi connectivity index (χ3v) is 2.06. The van der Waals surface area contributed by atoms with Gasteiger partial charge in [0.2, 0.25) is 0 Å². The second-order valence-electron chi connectivity index (χ2n) is 3.28. The van der Waals surface area contributed by atoms with E-state index in [1.54, 1.807) is 25.3 Å². The van der Waals surface area contributed by atoms with Crippen molar-refractivity contribution in [2.24, 2.45) is 0 Å². The lowest BCUT2D eigenvalue weighted by molar-refractivity contribution is 0.0937. The Bertz CT molecular complexity index is 396. The van der Waals surface area contributed by atoms with Gasteiger partial charge in [0.1, 0.15) is 0 Å². The molecule has 1 N–H and O–H groups in total. The molecule has 0 atom stereocenters. The molecular formula is C12H14N2O2. The minimum absolute atomic E-state index is 0.142. The van der Waals surface area contributed by atoms with Crippen LogP contribution in [0.4, 0.5) is 0 Å². The van der Waals surface area contributed by atoms with Crippen LogP contribution < -0.4 is 5.32 Å². The fourth-order valence-electron chi connectivity index (χ4n) is 1.28. The van der Waals surface area contributed by atoms with Crippen LogP contribution in [0.25, 0.3) is 0 Å². The molecule has 0 fully saturated rings. The maximum absolute atomic E-state index is 11.6. The number of nitrogens with one attached hydrogen (secondary N) is 1. The van der Waals surface area contributed by atoms with Gasteiger partial charge in [0.05, 0.1) is 19.1 Å². The summed E-state index contributed by atoms with van der Waals surface area (Å²) in [7, 11) is 1.58. The van der Waals surface area contributed by atoms with Crippen molar-refractivity contribution in [1.82, 2.24) is 5.32 Å². The van der Waals surface area contributed by atoms with E-state index in [0.717, 1.165) is 5.56 Å². The van der Waals surface area contributed by atoms with Gasteiger partial charge in [-0.2, -0.15) is 5.26 Å². The van der Waals surface area contributed by atoms with Crippen LogP contribution in [0, 0.1) is 11.3 Å². The maximum atomic E-state index is 11.6. The molecule has 0 spiro atoms. The van der Waals surface area contributed by atoms with Gasteiger partial charge in [-0.1, -0.05) is 12.1 Å². The highest BCUT2D eigenvalue weighted by molar-refractivity contribution is 5.94. The minimum Gasteiger partial charge on any atom is -0.383 e. The van der Waals surface area contributed by atoms with Gasteiger partial charge in [-0.05, 0) is 17.7 Å². The summed E-state index contributed by atoms with van der Waals surface area (Å²) in [5.41, 5.74) is 1.42. The number of carbonyl (C=O) groups excluding carboxylic acids is 1. The maximum Gasteiger partial charge on any atom is 0.251 e. The predicted octanol–water partition coefficient (Wildman–Crippen LogP) is 1.13. The van der Waals surface area contributed by atoms with E-state index < -0.39 is 0 Å². The van der Waals surface area contributed by atoms with Gasteiger partial charge < -0.3 is 10.1 Å². The molecule has 4 nitrogen and oxygen atoms in total. The highest BCUT2D eigenvalue weighted by Crippen LogP contribution is 2.05. The lowest BCUT2D eigenvalue weighted by atomic mass is 10.1. The summed E-state index contributed by atoms with van der Waals surface area (Å²) in [4.78, 5) is 11.6. The smallest absolute Gasteiger partial charge is 0.251 e. The highest BCUT2D eigenvalue weighted by Gasteiger charge is 2.04. The van der Waals surface area contributed by atoms with Crippen LogP contribution >= 0.6 is 0 Å². The Kier molecular flexibility index (Phi) is 5.03. The second kappa shape index (κ2) is 6.59. The van der Waals surface area contributed by atoms with Gasteiger partial charge in [0.15, 0.2) is 0 Å². The SMILES string of the molecule is COCCNC(=O)c1cccc(CC#N)c1. The van der Waals surface area contributed by atoms with Crippen LogP contribution in [-0.2, 0) is 11.2 Å². The summed E-state index contributed by atoms with van der Waals surface area (Å²) < 4.78 is 4.83. The number of amides is 1. The Hall–Kier alpha value is -1.86. The van der Waals surface area contributed by atoms with Gasteiger partial charge in [0.25, 0.3) is 5.91 Å². The van der Waals surface area contributed by atoms with Crippen molar-refractivity contribution >= 4 is 5.91 Å². The van der Waals surface area contributed by atoms with Crippen molar-refractivity contribution in [3.05, 3.63) is 35.4 Å². The molecule has 1 amide bonds. The summed E-state index contributed by atoms with van der Waals surface area (Å²) in [6, 6.07) is 9.11. The quantitative estimate of drug-likeness (QED) is 0.753. The molecule has 0 bridgehead atoms. The van der Waals surface area contributed by atoms with Crippen LogP contribution in [-0.4, -0.2) is 26.2 Å². The molecule has 0 aliphatic rings. The number of carbonyl (C=O) groups is 1. The average molecular weight is 218 g/mol. The zero-order chi connectivity index (χ0) is 11.8. The Morgan fingerprint density at radius 3 is 3.06 bits per heavy atom. The molecule has 1 aromatic carbocycles. The van der Waals surface area contributed by atoms with Crippen molar-refractivity contribution in [2.75, 3.05) is 20.3 Å². The van der Waals surface area contributed by atoms with E-state index in [4.69, 9.17) is 10.00 Å². The first-order valence-electron chi connectivity index (χ1n) is 5.01. The fourth-order valence-corrected chi connectivity index (χ4v) is 1.28. The van der Waals surface area contributed by atoms with E-state index in [0.29, 0.717) is 25.1 Å². The van der Waals surface area contributed by atoms with Crippen LogP contribution in [0.2, 0.25) is 0 Å². The van der Waals surface area contributed by atoms with Gasteiger partial charge in [0, 0.05) is 19.2 Å². The van der Waals surface area contributed by atoms with Crippen molar-refractivity contribution < 1.29 is 9.53 Å². The third-order valence-electron chi connectivity index (χ3n) is 2.06. The minimum atomic E-state index is -0.142. The Morgan fingerprint density at radius 1 is 1.56 bits per heavy atom. The molecule has 0 unspecified atom stereocenters. The number of methoxy groups -OCH3 is 1. The molecule has 1 aromatic rings. The van der Waals surface area contributed by atoms with E-state index in [1.807, 2.05) is 6.07 Å². The fraction of sp³-hybridized carbons (Fsp3) is 0.333. The first-order valence-corrected chi connectivity index (χ1v) is 5.01. The molecule has 84 valence electrons. The number of hydrogen-bond donors (Lipinski definition) is 1. The summed E-state index contributed by atoms with van der Waals surface area (Å²) in [5.74, 6) is -0.142. The van der Waals surface area contributed by atoms with Crippen molar-refractivity contribution in [2.45, 2.75) is 6.42 Å². The van der Waals surface area contributed by atoms with Gasteiger partial charge in [-0.15, -0.1) is 0 Å². The molecule has 0 radical (unpaired) electrons. The van der Waals surface area contributed by atoms with Gasteiger partial charge in [-0.3, -0.25) is 4.79 Å². The average Bonchev–Trinajstić information content (AvgIpc) is 2.30. The molecule has 1 rings (SSSR count). The number of nitrogens with zero attached hydrogens (tertiary/aromatic N) is 1. The van der Waals surface area contributed by atoms with E-state index in [-0.39, 0.29) is 5.91 Å². The zero-order valence-corrected chi connectivity index (χ0v) is 9.19. The molecular weight excluding hydrogens is 204 g/mol. The lowest BCUT2D eigenvalue weighted by Crippen LogP contribution is -2.26. The topological polar surface area (TPSA) is 62.1 Å². The molecule has 4 heteroatoms. The van der Waals surface area contributed by atoms with E-state index >= 15 is 0 Å². The van der Waals surface area contributed by atoms with Crippen molar-refractivity contribution in [3.63, 3.8) is 0 Å². The normalized spacial score (nSPS) is 9.50. The first-order chi connectivity index (χ1) is 7.77. The lowest BCUT2D eigenvalue weighted by Gasteiger charge is -2.05. The van der Waals surface area contributed by atoms with Gasteiger partial charge in [-0.25, -0.2) is 0 Å². The van der Waals surface area contributed by atoms with Crippen molar-refractivity contribution in [1.29, 1.82) is 5.26 Å². The largest absolute Gasteiger partial charge is 0.383 e. The molecule has 0 saturated heterocycles. The molecule has 0 saturated carbocycles. The second-order valence-corrected chi connectivity index (χ2v) is 3.28. The van der Waals surface area contributed by atoms with Crippen LogP contribution in [0.3, 0.4) is 0 Å². The predicted molar refractivity (Wildman–Crippen MR) is 60.0 cm³/mol. The van der Waals surface area contributed by atoms with Crippen LogP contribution in [0.5, 0.6) is 0 Å². The summed E-state index contributed by atoms with van der Waals surface area (Å²) in [5, 5.41) is 11.3. The third kappa shape index (κ3) is 3.71. The first kappa shape index (κ1) is 12.2. The number of hydrogen-bond acceptors (Lipinski definition) is 3. The van der Waals surface area contributed by atoms with E-state index in [9.17, 15) is 4.79 Å². The summed E-state index contributed by atoms with van der Waals surface area (Å²) >= 11 is 0. The summed E-state index contributed by atoms with van der Waals surface area (Å²) in [6.45, 7) is 0.974. The Balaban J connectivity index is 2.61.